The van der Waals surface area contributed by atoms with Crippen molar-refractivity contribution in [3.05, 3.63) is 77.7 Å². The Bertz CT molecular complexity index is 1620. The molecule has 4 N–H and O–H groups in total. The van der Waals surface area contributed by atoms with Crippen molar-refractivity contribution in [1.29, 1.82) is 0 Å². The molecule has 0 aliphatic carbocycles. The normalized spacial score (nSPS) is 14.8. The van der Waals surface area contributed by atoms with Gasteiger partial charge in [-0.1, -0.05) is 12.1 Å². The van der Waals surface area contributed by atoms with Crippen molar-refractivity contribution < 1.29 is 14.3 Å². The Balaban J connectivity index is 1.27. The Hall–Kier alpha value is -4.97. The molecule has 0 radical (unpaired) electrons. The number of nitrogens with one attached hydrogen (secondary N) is 4. The molecule has 1 saturated heterocycles. The standard InChI is InChI=1S/C28H29N9O3/c1-17-31-28(35-34-17)33-27(38)19-5-9-22(10-6-19)40-23-12-14-30-26-24(23)25(32-20-11-13-29-15-20)36-37(26)16-18-3-7-21(39-2)8-4-18/h3-10,12,14,20,29H,11,13,15-16H2,1-2H3,(H,32,36)(H2,31,33,34,35,38)/t20-/m1/s1. The van der Waals surface area contributed by atoms with E-state index >= 15 is 0 Å². The Labute approximate surface area is 230 Å². The van der Waals surface area contributed by atoms with Crippen LogP contribution >= 0.6 is 0 Å². The van der Waals surface area contributed by atoms with Crippen LogP contribution < -0.4 is 25.4 Å². The number of methoxy groups -OCH3 is 1. The molecule has 5 aromatic rings. The average molecular weight is 540 g/mol. The van der Waals surface area contributed by atoms with Crippen molar-refractivity contribution in [2.75, 3.05) is 30.8 Å². The molecule has 4 heterocycles. The number of anilines is 2. The first-order valence-corrected chi connectivity index (χ1v) is 13.0. The van der Waals surface area contributed by atoms with Crippen LogP contribution in [0.4, 0.5) is 11.8 Å². The summed E-state index contributed by atoms with van der Waals surface area (Å²) in [5, 5.41) is 23.1. The van der Waals surface area contributed by atoms with Gasteiger partial charge in [0.25, 0.3) is 5.91 Å². The number of H-pyrrole nitrogens is 1. The number of aromatic nitrogens is 6. The van der Waals surface area contributed by atoms with E-state index in [0.29, 0.717) is 41.0 Å². The van der Waals surface area contributed by atoms with E-state index in [1.807, 2.05) is 35.0 Å². The average Bonchev–Trinajstić information content (AvgIpc) is 3.71. The molecular formula is C28H29N9O3. The van der Waals surface area contributed by atoms with Gasteiger partial charge in [-0.2, -0.15) is 5.10 Å². The summed E-state index contributed by atoms with van der Waals surface area (Å²) in [6.07, 6.45) is 2.71. The summed E-state index contributed by atoms with van der Waals surface area (Å²) in [6.45, 7) is 4.12. The van der Waals surface area contributed by atoms with Gasteiger partial charge in [-0.25, -0.2) is 9.67 Å². The maximum atomic E-state index is 12.6. The maximum Gasteiger partial charge on any atom is 0.258 e. The fourth-order valence-electron chi connectivity index (χ4n) is 4.63. The molecule has 12 nitrogen and oxygen atoms in total. The second kappa shape index (κ2) is 11.0. The van der Waals surface area contributed by atoms with Gasteiger partial charge in [-0.05, 0) is 61.9 Å². The number of hydrogen-bond acceptors (Lipinski definition) is 9. The number of hydrogen-bond donors (Lipinski definition) is 4. The largest absolute Gasteiger partial charge is 0.497 e. The summed E-state index contributed by atoms with van der Waals surface area (Å²) >= 11 is 0. The molecule has 40 heavy (non-hydrogen) atoms. The topological polar surface area (TPSA) is 144 Å². The number of ether oxygens (including phenoxy) is 2. The van der Waals surface area contributed by atoms with Crippen LogP contribution in [0.25, 0.3) is 11.0 Å². The lowest BCUT2D eigenvalue weighted by atomic mass is 10.2. The first-order valence-electron chi connectivity index (χ1n) is 13.0. The Kier molecular flexibility index (Phi) is 6.98. The van der Waals surface area contributed by atoms with Crippen molar-refractivity contribution in [2.45, 2.75) is 25.9 Å². The molecule has 1 fully saturated rings. The highest BCUT2D eigenvalue weighted by molar-refractivity contribution is 6.03. The number of pyridine rings is 1. The summed E-state index contributed by atoms with van der Waals surface area (Å²) < 4.78 is 13.5. The third-order valence-electron chi connectivity index (χ3n) is 6.66. The Morgan fingerprint density at radius 3 is 2.58 bits per heavy atom. The zero-order valence-electron chi connectivity index (χ0n) is 22.1. The van der Waals surface area contributed by atoms with E-state index in [4.69, 9.17) is 14.6 Å². The Morgan fingerprint density at radius 1 is 1.07 bits per heavy atom. The van der Waals surface area contributed by atoms with Crippen molar-refractivity contribution >= 4 is 28.7 Å². The van der Waals surface area contributed by atoms with Gasteiger partial charge < -0.3 is 25.1 Å². The van der Waals surface area contributed by atoms with Gasteiger partial charge in [0.2, 0.25) is 5.95 Å². The van der Waals surface area contributed by atoms with Crippen LogP contribution in [0, 0.1) is 6.92 Å². The summed E-state index contributed by atoms with van der Waals surface area (Å²) in [4.78, 5) is 20.1. The van der Waals surface area contributed by atoms with Crippen LogP contribution in [0.5, 0.6) is 17.2 Å². The lowest BCUT2D eigenvalue weighted by molar-refractivity contribution is 0.102. The minimum Gasteiger partial charge on any atom is -0.497 e. The molecule has 2 aromatic carbocycles. The molecule has 0 saturated carbocycles. The smallest absolute Gasteiger partial charge is 0.258 e. The van der Waals surface area contributed by atoms with Gasteiger partial charge in [0.1, 0.15) is 28.5 Å². The number of carbonyl (C=O) groups excluding carboxylic acids is 1. The molecule has 1 aliphatic heterocycles. The highest BCUT2D eigenvalue weighted by atomic mass is 16.5. The molecule has 0 spiro atoms. The van der Waals surface area contributed by atoms with E-state index in [1.54, 1.807) is 44.5 Å². The SMILES string of the molecule is COc1ccc(Cn2nc(N[C@@H]3CCNC3)c3c(Oc4ccc(C(=O)Nc5nnc(C)[nH]5)cc4)ccnc32)cc1. The molecule has 6 rings (SSSR count). The number of nitrogens with zero attached hydrogens (tertiary/aromatic N) is 5. The molecule has 3 aromatic heterocycles. The van der Waals surface area contributed by atoms with E-state index < -0.39 is 0 Å². The monoisotopic (exact) mass is 539 g/mol. The van der Waals surface area contributed by atoms with E-state index in [-0.39, 0.29) is 11.9 Å². The summed E-state index contributed by atoms with van der Waals surface area (Å²) in [7, 11) is 1.65. The van der Waals surface area contributed by atoms with Gasteiger partial charge in [0.15, 0.2) is 11.5 Å². The van der Waals surface area contributed by atoms with Gasteiger partial charge in [-0.15, -0.1) is 10.2 Å². The third kappa shape index (κ3) is 5.43. The van der Waals surface area contributed by atoms with E-state index in [0.717, 1.165) is 42.0 Å². The fourth-order valence-corrected chi connectivity index (χ4v) is 4.63. The fraction of sp³-hybridized carbons (Fsp3) is 0.250. The minimum absolute atomic E-state index is 0.256. The second-order valence-corrected chi connectivity index (χ2v) is 9.54. The van der Waals surface area contributed by atoms with Gasteiger partial charge in [-0.3, -0.25) is 10.1 Å². The number of benzene rings is 2. The van der Waals surface area contributed by atoms with E-state index in [1.165, 1.54) is 0 Å². The zero-order chi connectivity index (χ0) is 27.5. The molecule has 1 aliphatic rings. The predicted molar refractivity (Wildman–Crippen MR) is 150 cm³/mol. The Morgan fingerprint density at radius 2 is 1.88 bits per heavy atom. The predicted octanol–water partition coefficient (Wildman–Crippen LogP) is 3.73. The number of amides is 1. The van der Waals surface area contributed by atoms with E-state index in [2.05, 4.69) is 36.1 Å². The van der Waals surface area contributed by atoms with Crippen molar-refractivity contribution in [2.24, 2.45) is 0 Å². The van der Waals surface area contributed by atoms with Crippen LogP contribution in [-0.4, -0.2) is 62.1 Å². The zero-order valence-corrected chi connectivity index (χ0v) is 22.1. The number of fused-ring (bicyclic) bond motifs is 1. The molecule has 204 valence electrons. The summed E-state index contributed by atoms with van der Waals surface area (Å²) in [5.74, 6) is 3.34. The summed E-state index contributed by atoms with van der Waals surface area (Å²) in [5.41, 5.74) is 2.24. The highest BCUT2D eigenvalue weighted by Crippen LogP contribution is 2.35. The third-order valence-corrected chi connectivity index (χ3v) is 6.66. The van der Waals surface area contributed by atoms with Crippen molar-refractivity contribution in [3.63, 3.8) is 0 Å². The molecule has 1 atom stereocenters. The summed E-state index contributed by atoms with van der Waals surface area (Å²) in [6, 6.07) is 16.9. The molecular weight excluding hydrogens is 510 g/mol. The number of carbonyl (C=O) groups is 1. The van der Waals surface area contributed by atoms with Crippen LogP contribution in [-0.2, 0) is 6.54 Å². The maximum absolute atomic E-state index is 12.6. The number of aryl methyl sites for hydroxylation is 1. The quantitative estimate of drug-likeness (QED) is 0.220. The van der Waals surface area contributed by atoms with Gasteiger partial charge in [0, 0.05) is 30.4 Å². The number of aromatic amines is 1. The molecule has 0 bridgehead atoms. The van der Waals surface area contributed by atoms with Crippen molar-refractivity contribution in [3.8, 4) is 17.2 Å². The minimum atomic E-state index is -0.300. The molecule has 1 amide bonds. The number of rotatable bonds is 9. The molecule has 0 unspecified atom stereocenters. The van der Waals surface area contributed by atoms with Gasteiger partial charge in [0.05, 0.1) is 13.7 Å². The van der Waals surface area contributed by atoms with Crippen molar-refractivity contribution in [1.82, 2.24) is 35.3 Å². The first-order chi connectivity index (χ1) is 19.6. The lowest BCUT2D eigenvalue weighted by Crippen LogP contribution is -2.22. The van der Waals surface area contributed by atoms with Crippen LogP contribution in [0.15, 0.2) is 60.8 Å². The first kappa shape index (κ1) is 25.3. The second-order valence-electron chi connectivity index (χ2n) is 9.54. The van der Waals surface area contributed by atoms with E-state index in [9.17, 15) is 4.79 Å². The molecule has 12 heteroatoms. The highest BCUT2D eigenvalue weighted by Gasteiger charge is 2.22. The van der Waals surface area contributed by atoms with Crippen LogP contribution in [0.1, 0.15) is 28.2 Å². The van der Waals surface area contributed by atoms with Gasteiger partial charge >= 0.3 is 0 Å². The van der Waals surface area contributed by atoms with Crippen LogP contribution in [0.2, 0.25) is 0 Å². The lowest BCUT2D eigenvalue weighted by Gasteiger charge is -2.12. The van der Waals surface area contributed by atoms with Crippen LogP contribution in [0.3, 0.4) is 0 Å².